The van der Waals surface area contributed by atoms with E-state index in [9.17, 15) is 9.18 Å². The van der Waals surface area contributed by atoms with E-state index in [2.05, 4.69) is 10.5 Å². The van der Waals surface area contributed by atoms with E-state index < -0.39 is 11.7 Å². The Morgan fingerprint density at radius 3 is 2.45 bits per heavy atom. The maximum absolute atomic E-state index is 13.0. The van der Waals surface area contributed by atoms with Crippen LogP contribution in [0, 0.1) is 5.82 Å². The molecule has 0 atom stereocenters. The molecule has 102 valence electrons. The predicted octanol–water partition coefficient (Wildman–Crippen LogP) is 3.37. The van der Waals surface area contributed by atoms with Gasteiger partial charge in [0.1, 0.15) is 5.82 Å². The first-order valence-corrected chi connectivity index (χ1v) is 6.38. The van der Waals surface area contributed by atoms with Crippen molar-refractivity contribution in [3.8, 4) is 0 Å². The molecule has 0 aliphatic heterocycles. The third-order valence-electron chi connectivity index (χ3n) is 2.82. The number of benzene rings is 2. The summed E-state index contributed by atoms with van der Waals surface area (Å²) < 4.78 is 13.0. The van der Waals surface area contributed by atoms with Gasteiger partial charge in [-0.1, -0.05) is 43.3 Å². The van der Waals surface area contributed by atoms with Crippen LogP contribution in [0.15, 0.2) is 59.7 Å². The molecule has 0 aromatic heterocycles. The van der Waals surface area contributed by atoms with Gasteiger partial charge in [0.15, 0.2) is 0 Å². The van der Waals surface area contributed by atoms with Crippen LogP contribution in [0.1, 0.15) is 29.3 Å². The zero-order chi connectivity index (χ0) is 14.4. The molecule has 0 aliphatic carbocycles. The maximum atomic E-state index is 13.0. The van der Waals surface area contributed by atoms with Crippen LogP contribution in [0.5, 0.6) is 0 Å². The minimum atomic E-state index is -0.444. The van der Waals surface area contributed by atoms with E-state index in [1.54, 1.807) is 6.07 Å². The summed E-state index contributed by atoms with van der Waals surface area (Å²) >= 11 is 0. The van der Waals surface area contributed by atoms with Crippen molar-refractivity contribution < 1.29 is 9.18 Å². The van der Waals surface area contributed by atoms with E-state index in [4.69, 9.17) is 0 Å². The lowest BCUT2D eigenvalue weighted by Crippen LogP contribution is -2.20. The lowest BCUT2D eigenvalue weighted by atomic mass is 10.1. The fourth-order valence-corrected chi connectivity index (χ4v) is 1.79. The molecule has 2 aromatic rings. The van der Waals surface area contributed by atoms with Gasteiger partial charge in [-0.15, -0.1) is 0 Å². The van der Waals surface area contributed by atoms with Crippen molar-refractivity contribution in [2.75, 3.05) is 0 Å². The average Bonchev–Trinajstić information content (AvgIpc) is 2.49. The molecule has 2 rings (SSSR count). The molecular formula is C16H15FN2O. The van der Waals surface area contributed by atoms with Crippen molar-refractivity contribution in [1.82, 2.24) is 5.43 Å². The van der Waals surface area contributed by atoms with Crippen LogP contribution in [0.25, 0.3) is 0 Å². The van der Waals surface area contributed by atoms with Crippen LogP contribution in [-0.2, 0) is 0 Å². The van der Waals surface area contributed by atoms with E-state index in [-0.39, 0.29) is 5.56 Å². The Hall–Kier alpha value is -2.49. The Labute approximate surface area is 117 Å². The molecule has 0 aliphatic rings. The van der Waals surface area contributed by atoms with Crippen molar-refractivity contribution in [3.63, 3.8) is 0 Å². The van der Waals surface area contributed by atoms with Crippen LogP contribution in [0.3, 0.4) is 0 Å². The minimum absolute atomic E-state index is 0.247. The predicted molar refractivity (Wildman–Crippen MR) is 77.1 cm³/mol. The molecular weight excluding hydrogens is 255 g/mol. The molecule has 0 radical (unpaired) electrons. The molecule has 20 heavy (non-hydrogen) atoms. The molecule has 1 amide bonds. The fraction of sp³-hybridized carbons (Fsp3) is 0.125. The molecule has 0 unspecified atom stereocenters. The van der Waals surface area contributed by atoms with Gasteiger partial charge in [-0.3, -0.25) is 4.79 Å². The Morgan fingerprint density at radius 1 is 1.10 bits per heavy atom. The number of amides is 1. The van der Waals surface area contributed by atoms with Crippen LogP contribution in [0.2, 0.25) is 0 Å². The standard InChI is InChI=1S/C16H15FN2O/c1-2-15(12-7-4-3-5-8-12)18-19-16(20)13-9-6-10-14(17)11-13/h3-11H,2H2,1H3,(H,19,20). The van der Waals surface area contributed by atoms with Gasteiger partial charge in [-0.25, -0.2) is 9.82 Å². The smallest absolute Gasteiger partial charge is 0.267 e. The summed E-state index contributed by atoms with van der Waals surface area (Å²) in [5, 5.41) is 4.11. The first-order chi connectivity index (χ1) is 9.70. The highest BCUT2D eigenvalue weighted by molar-refractivity contribution is 6.02. The maximum Gasteiger partial charge on any atom is 0.271 e. The third kappa shape index (κ3) is 3.51. The SMILES string of the molecule is CCC(=NNC(=O)c1cccc(F)c1)c1ccccc1. The molecule has 0 heterocycles. The van der Waals surface area contributed by atoms with Crippen LogP contribution < -0.4 is 5.43 Å². The van der Waals surface area contributed by atoms with Gasteiger partial charge in [0, 0.05) is 5.56 Å². The Bertz CT molecular complexity index is 623. The van der Waals surface area contributed by atoms with Gasteiger partial charge < -0.3 is 0 Å². The number of rotatable bonds is 4. The third-order valence-corrected chi connectivity index (χ3v) is 2.82. The Balaban J connectivity index is 2.13. The van der Waals surface area contributed by atoms with Crippen molar-refractivity contribution in [2.45, 2.75) is 13.3 Å². The lowest BCUT2D eigenvalue weighted by molar-refractivity contribution is 0.0954. The van der Waals surface area contributed by atoms with Crippen LogP contribution in [0.4, 0.5) is 4.39 Å². The minimum Gasteiger partial charge on any atom is -0.267 e. The highest BCUT2D eigenvalue weighted by atomic mass is 19.1. The number of carbonyl (C=O) groups excluding carboxylic acids is 1. The van der Waals surface area contributed by atoms with E-state index in [1.807, 2.05) is 37.3 Å². The molecule has 0 spiro atoms. The van der Waals surface area contributed by atoms with Crippen LogP contribution >= 0.6 is 0 Å². The average molecular weight is 270 g/mol. The number of hydrazone groups is 1. The second-order valence-corrected chi connectivity index (χ2v) is 4.23. The topological polar surface area (TPSA) is 41.5 Å². The highest BCUT2D eigenvalue weighted by Gasteiger charge is 2.06. The van der Waals surface area contributed by atoms with Gasteiger partial charge in [-0.2, -0.15) is 5.10 Å². The monoisotopic (exact) mass is 270 g/mol. The van der Waals surface area contributed by atoms with Gasteiger partial charge in [0.25, 0.3) is 5.91 Å². The second kappa shape index (κ2) is 6.61. The first-order valence-electron chi connectivity index (χ1n) is 6.38. The Morgan fingerprint density at radius 2 is 1.80 bits per heavy atom. The quantitative estimate of drug-likeness (QED) is 0.671. The van der Waals surface area contributed by atoms with Gasteiger partial charge in [0.05, 0.1) is 5.71 Å². The zero-order valence-electron chi connectivity index (χ0n) is 11.1. The van der Waals surface area contributed by atoms with Gasteiger partial charge >= 0.3 is 0 Å². The number of carbonyl (C=O) groups is 1. The lowest BCUT2D eigenvalue weighted by Gasteiger charge is -2.05. The number of halogens is 1. The summed E-state index contributed by atoms with van der Waals surface area (Å²) in [6, 6.07) is 15.1. The molecule has 0 saturated heterocycles. The molecule has 1 N–H and O–H groups in total. The normalized spacial score (nSPS) is 11.2. The van der Waals surface area contributed by atoms with E-state index in [0.717, 1.165) is 11.3 Å². The van der Waals surface area contributed by atoms with Crippen molar-refractivity contribution >= 4 is 11.6 Å². The van der Waals surface area contributed by atoms with Crippen molar-refractivity contribution in [1.29, 1.82) is 0 Å². The number of nitrogens with zero attached hydrogens (tertiary/aromatic N) is 1. The highest BCUT2D eigenvalue weighted by Crippen LogP contribution is 2.05. The van der Waals surface area contributed by atoms with Gasteiger partial charge in [0.2, 0.25) is 0 Å². The summed E-state index contributed by atoms with van der Waals surface area (Å²) in [4.78, 5) is 11.9. The molecule has 4 heteroatoms. The summed E-state index contributed by atoms with van der Waals surface area (Å²) in [5.41, 5.74) is 4.43. The largest absolute Gasteiger partial charge is 0.271 e. The number of nitrogens with one attached hydrogen (secondary N) is 1. The fourth-order valence-electron chi connectivity index (χ4n) is 1.79. The number of hydrogen-bond donors (Lipinski definition) is 1. The van der Waals surface area contributed by atoms with Crippen molar-refractivity contribution in [3.05, 3.63) is 71.5 Å². The van der Waals surface area contributed by atoms with E-state index >= 15 is 0 Å². The van der Waals surface area contributed by atoms with Gasteiger partial charge in [-0.05, 0) is 30.2 Å². The Kier molecular flexibility index (Phi) is 4.60. The summed E-state index contributed by atoms with van der Waals surface area (Å²) in [7, 11) is 0. The molecule has 0 fully saturated rings. The summed E-state index contributed by atoms with van der Waals surface area (Å²) in [6.07, 6.45) is 0.688. The summed E-state index contributed by atoms with van der Waals surface area (Å²) in [5.74, 6) is -0.869. The zero-order valence-corrected chi connectivity index (χ0v) is 11.1. The van der Waals surface area contributed by atoms with E-state index in [0.29, 0.717) is 6.42 Å². The van der Waals surface area contributed by atoms with Crippen molar-refractivity contribution in [2.24, 2.45) is 5.10 Å². The molecule has 0 saturated carbocycles. The molecule has 3 nitrogen and oxygen atoms in total. The molecule has 0 bridgehead atoms. The first kappa shape index (κ1) is 13.9. The summed E-state index contributed by atoms with van der Waals surface area (Å²) in [6.45, 7) is 1.96. The van der Waals surface area contributed by atoms with Crippen LogP contribution in [-0.4, -0.2) is 11.6 Å². The second-order valence-electron chi connectivity index (χ2n) is 4.23. The molecule has 2 aromatic carbocycles. The number of hydrogen-bond acceptors (Lipinski definition) is 2. The van der Waals surface area contributed by atoms with E-state index in [1.165, 1.54) is 18.2 Å².